The van der Waals surface area contributed by atoms with Gasteiger partial charge in [-0.15, -0.1) is 0 Å². The molecule has 2 heterocycles. The predicted octanol–water partition coefficient (Wildman–Crippen LogP) is 5.52. The number of rotatable bonds is 17. The van der Waals surface area contributed by atoms with Gasteiger partial charge in [0, 0.05) is 12.2 Å². The lowest BCUT2D eigenvalue weighted by Crippen LogP contribution is -2.47. The van der Waals surface area contributed by atoms with Crippen LogP contribution in [0.25, 0.3) is 17.4 Å². The number of aromatic nitrogens is 4. The topological polar surface area (TPSA) is 192 Å². The summed E-state index contributed by atoms with van der Waals surface area (Å²) in [7, 11) is -4.47. The normalized spacial score (nSPS) is 18.4. The zero-order chi connectivity index (χ0) is 36.1. The number of para-hydroxylation sites is 1. The highest BCUT2D eigenvalue weighted by Crippen LogP contribution is 2.60. The third-order valence-electron chi connectivity index (χ3n) is 8.74. The number of nitrogen functional groups attached to an aromatic ring is 1. The number of anilines is 1. The lowest BCUT2D eigenvalue weighted by molar-refractivity contribution is -0.149. The third kappa shape index (κ3) is 8.15. The first kappa shape index (κ1) is 36.5. The Morgan fingerprint density at radius 3 is 2.38 bits per heavy atom. The van der Waals surface area contributed by atoms with Gasteiger partial charge in [0.25, 0.3) is 5.56 Å². The fourth-order valence-electron chi connectivity index (χ4n) is 5.79. The Balaban J connectivity index is 1.56. The number of nitrogens with one attached hydrogen (secondary N) is 1. The van der Waals surface area contributed by atoms with E-state index in [2.05, 4.69) is 15.0 Å². The van der Waals surface area contributed by atoms with E-state index in [0.717, 1.165) is 11.1 Å². The Hall–Kier alpha value is -4.78. The van der Waals surface area contributed by atoms with Crippen LogP contribution in [0, 0.1) is 11.3 Å². The van der Waals surface area contributed by atoms with Crippen LogP contribution in [0.2, 0.25) is 0 Å². The zero-order valence-electron chi connectivity index (χ0n) is 28.5. The zero-order valence-corrected chi connectivity index (χ0v) is 29.4. The van der Waals surface area contributed by atoms with Crippen LogP contribution in [-0.2, 0) is 29.8 Å². The van der Waals surface area contributed by atoms with Gasteiger partial charge in [-0.3, -0.25) is 28.5 Å². The number of benzene rings is 2. The van der Waals surface area contributed by atoms with E-state index in [4.69, 9.17) is 19.5 Å². The summed E-state index contributed by atoms with van der Waals surface area (Å²) in [6.07, 6.45) is 4.45. The molecule has 2 aromatic carbocycles. The Morgan fingerprint density at radius 1 is 1.10 bits per heavy atom. The molecule has 2 aromatic heterocycles. The van der Waals surface area contributed by atoms with Crippen LogP contribution in [0.1, 0.15) is 52.5 Å². The molecule has 266 valence electrons. The van der Waals surface area contributed by atoms with E-state index < -0.39 is 48.7 Å². The summed E-state index contributed by atoms with van der Waals surface area (Å²) < 4.78 is 36.6. The number of nitrogens with zero attached hydrogens (tertiary/aromatic N) is 4. The molecule has 1 saturated carbocycles. The highest BCUT2D eigenvalue weighted by Gasteiger charge is 2.54. The van der Waals surface area contributed by atoms with E-state index in [1.807, 2.05) is 44.2 Å². The molecule has 0 radical (unpaired) electrons. The fourth-order valence-corrected chi connectivity index (χ4v) is 8.12. The van der Waals surface area contributed by atoms with Gasteiger partial charge in [0.2, 0.25) is 5.95 Å². The first-order valence-corrected chi connectivity index (χ1v) is 18.0. The fraction of sp³-hybridized carbons (Fsp3) is 0.400. The van der Waals surface area contributed by atoms with Crippen molar-refractivity contribution < 1.29 is 33.0 Å². The van der Waals surface area contributed by atoms with E-state index in [-0.39, 0.29) is 42.5 Å². The predicted molar refractivity (Wildman–Crippen MR) is 188 cm³/mol. The van der Waals surface area contributed by atoms with E-state index in [0.29, 0.717) is 19.3 Å². The van der Waals surface area contributed by atoms with Crippen LogP contribution >= 0.6 is 7.75 Å². The molecule has 0 bridgehead atoms. The van der Waals surface area contributed by atoms with E-state index >= 15 is 4.57 Å². The summed E-state index contributed by atoms with van der Waals surface area (Å²) in [5, 5.41) is 10.6. The van der Waals surface area contributed by atoms with Crippen molar-refractivity contribution in [1.82, 2.24) is 24.2 Å². The SMILES string of the molecule is CCC(CC)N([C@@H](Cc1ccccc1)C(=O)O)[P@](=O)(OCC1(COC(=O)C(C)C)C/C1=C/n1cnc2c(=O)[nH]c(N)nc21)Oc1ccccc1. The number of H-pyrrole nitrogens is 1. The number of imidazole rings is 1. The Labute approximate surface area is 289 Å². The summed E-state index contributed by atoms with van der Waals surface area (Å²) in [5.41, 5.74) is 6.13. The van der Waals surface area contributed by atoms with Gasteiger partial charge in [-0.2, -0.15) is 9.65 Å². The van der Waals surface area contributed by atoms with E-state index in [1.165, 1.54) is 11.0 Å². The molecule has 1 unspecified atom stereocenters. The Bertz CT molecular complexity index is 1940. The number of aliphatic carboxylic acids is 1. The van der Waals surface area contributed by atoms with E-state index in [1.54, 1.807) is 54.9 Å². The lowest BCUT2D eigenvalue weighted by Gasteiger charge is -2.39. The van der Waals surface area contributed by atoms with Crippen molar-refractivity contribution in [3.63, 3.8) is 0 Å². The molecule has 14 nitrogen and oxygen atoms in total. The Morgan fingerprint density at radius 2 is 1.76 bits per heavy atom. The number of carbonyl (C=O) groups excluding carboxylic acids is 1. The molecule has 15 heteroatoms. The average Bonchev–Trinajstić information content (AvgIpc) is 3.63. The van der Waals surface area contributed by atoms with Crippen molar-refractivity contribution in [2.45, 2.75) is 65.5 Å². The van der Waals surface area contributed by atoms with Crippen LogP contribution in [0.5, 0.6) is 5.75 Å². The molecular formula is C35H43N6O8P. The van der Waals surface area contributed by atoms with Crippen molar-refractivity contribution in [1.29, 1.82) is 0 Å². The number of fused-ring (bicyclic) bond motifs is 1. The van der Waals surface area contributed by atoms with Gasteiger partial charge in [0.05, 0.1) is 17.9 Å². The number of nitrogens with two attached hydrogens (primary N) is 1. The molecule has 0 amide bonds. The second-order valence-electron chi connectivity index (χ2n) is 12.7. The molecule has 5 rings (SSSR count). The molecule has 1 fully saturated rings. The standard InChI is InChI=1S/C35H43N6O8P/c1-5-26(6-2)41(28(32(43)44)17-24-13-9-7-10-14-24)50(46,49-27-15-11-8-12-16-27)48-21-35(20-47-33(45)23(3)4)18-25(35)19-40-22-37-29-30(40)38-34(36)39-31(29)42/h7-16,19,22-23,26,28H,5-6,17-18,20-21H2,1-4H3,(H,43,44)(H3,36,38,39,42)/b25-19-/t28-,35?,50-/m0/s1. The average molecular weight is 707 g/mol. The minimum absolute atomic E-state index is 0.0451. The summed E-state index contributed by atoms with van der Waals surface area (Å²) >= 11 is 0. The lowest BCUT2D eigenvalue weighted by atomic mass is 10.0. The Kier molecular flexibility index (Phi) is 11.2. The van der Waals surface area contributed by atoms with Crippen LogP contribution in [-0.4, -0.2) is 66.5 Å². The van der Waals surface area contributed by atoms with Crippen LogP contribution in [0.3, 0.4) is 0 Å². The largest absolute Gasteiger partial charge is 0.480 e. The molecular weight excluding hydrogens is 663 g/mol. The number of carboxylic acids is 1. The maximum Gasteiger partial charge on any atom is 0.462 e. The van der Waals surface area contributed by atoms with Gasteiger partial charge in [0.15, 0.2) is 11.2 Å². The van der Waals surface area contributed by atoms with Crippen LogP contribution in [0.15, 0.2) is 77.4 Å². The summed E-state index contributed by atoms with van der Waals surface area (Å²) in [6.45, 7) is 6.87. The van der Waals surface area contributed by atoms with Crippen molar-refractivity contribution in [3.8, 4) is 5.75 Å². The number of esters is 1. The quantitative estimate of drug-likeness (QED) is 0.0921. The van der Waals surface area contributed by atoms with Gasteiger partial charge < -0.3 is 20.1 Å². The second kappa shape index (κ2) is 15.4. The second-order valence-corrected chi connectivity index (χ2v) is 14.5. The molecule has 50 heavy (non-hydrogen) atoms. The third-order valence-corrected chi connectivity index (χ3v) is 10.8. The van der Waals surface area contributed by atoms with Gasteiger partial charge in [-0.1, -0.05) is 76.2 Å². The first-order chi connectivity index (χ1) is 23.9. The maximum atomic E-state index is 15.4. The monoisotopic (exact) mass is 706 g/mol. The molecule has 3 atom stereocenters. The first-order valence-electron chi connectivity index (χ1n) is 16.5. The number of ether oxygens (including phenoxy) is 1. The van der Waals surface area contributed by atoms with Crippen molar-refractivity contribution >= 4 is 43.0 Å². The highest BCUT2D eigenvalue weighted by atomic mass is 31.2. The number of carbonyl (C=O) groups is 2. The molecule has 0 spiro atoms. The minimum Gasteiger partial charge on any atom is -0.480 e. The smallest absolute Gasteiger partial charge is 0.462 e. The number of hydrogen-bond donors (Lipinski definition) is 3. The minimum atomic E-state index is -4.47. The van der Waals surface area contributed by atoms with E-state index in [9.17, 15) is 19.5 Å². The van der Waals surface area contributed by atoms with Crippen LogP contribution in [0.4, 0.5) is 5.95 Å². The van der Waals surface area contributed by atoms with Crippen LogP contribution < -0.4 is 15.8 Å². The maximum absolute atomic E-state index is 15.4. The van der Waals surface area contributed by atoms with Gasteiger partial charge in [-0.25, -0.2) is 9.55 Å². The van der Waals surface area contributed by atoms with Gasteiger partial charge in [0.1, 0.15) is 24.7 Å². The summed E-state index contributed by atoms with van der Waals surface area (Å²) in [6, 6.07) is 15.8. The number of carboxylic acid groups (broad SMARTS) is 1. The molecule has 0 saturated heterocycles. The highest BCUT2D eigenvalue weighted by molar-refractivity contribution is 7.51. The van der Waals surface area contributed by atoms with Crippen molar-refractivity contribution in [2.75, 3.05) is 18.9 Å². The molecule has 1 aliphatic carbocycles. The molecule has 0 aliphatic heterocycles. The van der Waals surface area contributed by atoms with Crippen molar-refractivity contribution in [2.24, 2.45) is 11.3 Å². The van der Waals surface area contributed by atoms with Gasteiger partial charge >= 0.3 is 19.7 Å². The molecule has 4 aromatic rings. The van der Waals surface area contributed by atoms with Gasteiger partial charge in [-0.05, 0) is 49.0 Å². The summed E-state index contributed by atoms with van der Waals surface area (Å²) in [4.78, 5) is 48.9. The molecule has 1 aliphatic rings. The number of hydrogen-bond acceptors (Lipinski definition) is 10. The summed E-state index contributed by atoms with van der Waals surface area (Å²) in [5.74, 6) is -1.85. The molecule has 4 N–H and O–H groups in total. The number of aromatic amines is 1. The van der Waals surface area contributed by atoms with Crippen molar-refractivity contribution in [3.05, 3.63) is 88.5 Å².